The molecule has 1 fully saturated rings. The Kier molecular flexibility index (Phi) is 6.07. The lowest BCUT2D eigenvalue weighted by Crippen LogP contribution is -2.32. The highest BCUT2D eigenvalue weighted by atomic mass is 19.4. The second-order valence-corrected chi connectivity index (χ2v) is 7.13. The van der Waals surface area contributed by atoms with E-state index in [0.717, 1.165) is 31.5 Å². The lowest BCUT2D eigenvalue weighted by Gasteiger charge is -2.19. The van der Waals surface area contributed by atoms with Crippen LogP contribution in [-0.2, 0) is 12.7 Å². The van der Waals surface area contributed by atoms with Gasteiger partial charge >= 0.3 is 6.18 Å². The van der Waals surface area contributed by atoms with Gasteiger partial charge in [-0.3, -0.25) is 9.48 Å². The fourth-order valence-electron chi connectivity index (χ4n) is 3.64. The van der Waals surface area contributed by atoms with Crippen LogP contribution in [0.1, 0.15) is 42.2 Å². The molecule has 1 amide bonds. The number of benzene rings is 1. The first kappa shape index (κ1) is 20.4. The van der Waals surface area contributed by atoms with Crippen molar-refractivity contribution in [3.8, 4) is 11.3 Å². The summed E-state index contributed by atoms with van der Waals surface area (Å²) in [6.07, 6.45) is -1.23. The van der Waals surface area contributed by atoms with Gasteiger partial charge in [0.2, 0.25) is 0 Å². The highest BCUT2D eigenvalue weighted by Crippen LogP contribution is 2.32. The Hall–Kier alpha value is -2.35. The van der Waals surface area contributed by atoms with E-state index < -0.39 is 11.7 Å². The molecule has 1 saturated heterocycles. The van der Waals surface area contributed by atoms with E-state index in [9.17, 15) is 18.0 Å². The van der Waals surface area contributed by atoms with Crippen LogP contribution < -0.4 is 5.32 Å². The average Bonchev–Trinajstić information content (AvgIpc) is 3.27. The molecule has 2 aromatic rings. The second-order valence-electron chi connectivity index (χ2n) is 7.13. The summed E-state index contributed by atoms with van der Waals surface area (Å²) in [5.74, 6) is -0.305. The highest BCUT2D eigenvalue weighted by Gasteiger charge is 2.30. The van der Waals surface area contributed by atoms with Crippen molar-refractivity contribution in [3.63, 3.8) is 0 Å². The highest BCUT2D eigenvalue weighted by molar-refractivity contribution is 5.93. The number of nitrogens with zero attached hydrogens (tertiary/aromatic N) is 3. The van der Waals surface area contributed by atoms with E-state index in [2.05, 4.69) is 22.4 Å². The van der Waals surface area contributed by atoms with Gasteiger partial charge in [-0.1, -0.05) is 12.1 Å². The smallest absolute Gasteiger partial charge is 0.351 e. The summed E-state index contributed by atoms with van der Waals surface area (Å²) in [5, 5.41) is 7.15. The molecule has 0 radical (unpaired) electrons. The lowest BCUT2D eigenvalue weighted by atomic mass is 10.1. The maximum absolute atomic E-state index is 13.0. The molecule has 1 atom stereocenters. The van der Waals surface area contributed by atoms with E-state index in [1.807, 2.05) is 6.92 Å². The minimum absolute atomic E-state index is 0.217. The van der Waals surface area contributed by atoms with Crippen LogP contribution in [0.2, 0.25) is 0 Å². The molecule has 1 aliphatic rings. The molecule has 5 nitrogen and oxygen atoms in total. The predicted octanol–water partition coefficient (Wildman–Crippen LogP) is 3.80. The Morgan fingerprint density at radius 2 is 2.11 bits per heavy atom. The van der Waals surface area contributed by atoms with Crippen LogP contribution in [0.15, 0.2) is 30.3 Å². The minimum Gasteiger partial charge on any atom is -0.351 e. The molecule has 1 aromatic carbocycles. The summed E-state index contributed by atoms with van der Waals surface area (Å²) in [7, 11) is 2.09. The molecule has 0 saturated carbocycles. The van der Waals surface area contributed by atoms with Gasteiger partial charge in [-0.2, -0.15) is 18.3 Å². The van der Waals surface area contributed by atoms with Crippen molar-refractivity contribution in [2.45, 2.75) is 44.9 Å². The third kappa shape index (κ3) is 4.55. The van der Waals surface area contributed by atoms with E-state index in [-0.39, 0.29) is 11.6 Å². The molecule has 2 heterocycles. The van der Waals surface area contributed by atoms with Gasteiger partial charge in [-0.05, 0) is 58.0 Å². The summed E-state index contributed by atoms with van der Waals surface area (Å²) in [4.78, 5) is 14.8. The third-order valence-electron chi connectivity index (χ3n) is 5.23. The van der Waals surface area contributed by atoms with Crippen molar-refractivity contribution in [1.29, 1.82) is 0 Å². The van der Waals surface area contributed by atoms with Crippen molar-refractivity contribution < 1.29 is 18.0 Å². The summed E-state index contributed by atoms with van der Waals surface area (Å²) in [6, 6.07) is 7.11. The summed E-state index contributed by atoms with van der Waals surface area (Å²) < 4.78 is 40.6. The molecule has 152 valence electrons. The fourth-order valence-corrected chi connectivity index (χ4v) is 3.64. The van der Waals surface area contributed by atoms with Gasteiger partial charge in [-0.25, -0.2) is 0 Å². The van der Waals surface area contributed by atoms with E-state index in [1.54, 1.807) is 16.8 Å². The monoisotopic (exact) mass is 394 g/mol. The molecule has 1 aromatic heterocycles. The van der Waals surface area contributed by atoms with E-state index in [4.69, 9.17) is 0 Å². The lowest BCUT2D eigenvalue weighted by molar-refractivity contribution is -0.137. The molecule has 0 bridgehead atoms. The van der Waals surface area contributed by atoms with Gasteiger partial charge in [-0.15, -0.1) is 0 Å². The number of alkyl halides is 3. The number of likely N-dealkylation sites (tertiary alicyclic amines) is 1. The number of carbonyl (C=O) groups is 1. The standard InChI is InChI=1S/C20H25F3N4O/c1-3-27-18(14-6-4-7-15(12-14)20(21,22)23)13-17(25-27)19(28)24-10-9-16-8-5-11-26(16)2/h4,6-7,12-13,16H,3,5,8-11H2,1-2H3,(H,24,28)/t16-/m0/s1. The van der Waals surface area contributed by atoms with Crippen molar-refractivity contribution in [3.05, 3.63) is 41.6 Å². The average molecular weight is 394 g/mol. The molecular weight excluding hydrogens is 369 g/mol. The van der Waals surface area contributed by atoms with Gasteiger partial charge in [0.1, 0.15) is 0 Å². The molecule has 0 aliphatic carbocycles. The molecule has 1 aliphatic heterocycles. The number of hydrogen-bond donors (Lipinski definition) is 1. The second kappa shape index (κ2) is 8.34. The predicted molar refractivity (Wildman–Crippen MR) is 101 cm³/mol. The van der Waals surface area contributed by atoms with Crippen LogP contribution in [0.5, 0.6) is 0 Å². The molecule has 8 heteroatoms. The first-order valence-corrected chi connectivity index (χ1v) is 9.53. The number of amides is 1. The SMILES string of the molecule is CCn1nc(C(=O)NCC[C@@H]2CCCN2C)cc1-c1cccc(C(F)(F)F)c1. The zero-order valence-electron chi connectivity index (χ0n) is 16.1. The van der Waals surface area contributed by atoms with Crippen LogP contribution in [0.25, 0.3) is 11.3 Å². The first-order valence-electron chi connectivity index (χ1n) is 9.53. The molecule has 0 unspecified atom stereocenters. The molecule has 1 N–H and O–H groups in total. The molecule has 28 heavy (non-hydrogen) atoms. The Balaban J connectivity index is 1.72. The quantitative estimate of drug-likeness (QED) is 0.811. The molecule has 3 rings (SSSR count). The van der Waals surface area contributed by atoms with E-state index in [0.29, 0.717) is 30.4 Å². The third-order valence-corrected chi connectivity index (χ3v) is 5.23. The van der Waals surface area contributed by atoms with Crippen LogP contribution in [0, 0.1) is 0 Å². The number of halogens is 3. The number of nitrogens with one attached hydrogen (secondary N) is 1. The zero-order valence-corrected chi connectivity index (χ0v) is 16.1. The van der Waals surface area contributed by atoms with Gasteiger partial charge in [0.05, 0.1) is 11.3 Å². The van der Waals surface area contributed by atoms with Gasteiger partial charge < -0.3 is 10.2 Å². The number of hydrogen-bond acceptors (Lipinski definition) is 3. The Morgan fingerprint density at radius 3 is 2.75 bits per heavy atom. The van der Waals surface area contributed by atoms with Crippen molar-refractivity contribution in [2.75, 3.05) is 20.1 Å². The molecule has 0 spiro atoms. The molecular formula is C20H25F3N4O. The van der Waals surface area contributed by atoms with Gasteiger partial charge in [0.15, 0.2) is 5.69 Å². The van der Waals surface area contributed by atoms with Crippen LogP contribution in [-0.4, -0.2) is 46.8 Å². The largest absolute Gasteiger partial charge is 0.416 e. The summed E-state index contributed by atoms with van der Waals surface area (Å²) in [5.41, 5.74) is 0.375. The summed E-state index contributed by atoms with van der Waals surface area (Å²) >= 11 is 0. The van der Waals surface area contributed by atoms with Crippen molar-refractivity contribution in [2.24, 2.45) is 0 Å². The number of rotatable bonds is 6. The maximum atomic E-state index is 13.0. The Morgan fingerprint density at radius 1 is 1.32 bits per heavy atom. The zero-order chi connectivity index (χ0) is 20.3. The number of aromatic nitrogens is 2. The maximum Gasteiger partial charge on any atom is 0.416 e. The van der Waals surface area contributed by atoms with Crippen LogP contribution >= 0.6 is 0 Å². The van der Waals surface area contributed by atoms with Crippen LogP contribution in [0.3, 0.4) is 0 Å². The van der Waals surface area contributed by atoms with Crippen molar-refractivity contribution in [1.82, 2.24) is 20.0 Å². The Labute approximate surface area is 162 Å². The normalized spacial score (nSPS) is 17.8. The Bertz CT molecular complexity index is 831. The van der Waals surface area contributed by atoms with E-state index >= 15 is 0 Å². The topological polar surface area (TPSA) is 50.2 Å². The van der Waals surface area contributed by atoms with E-state index in [1.165, 1.54) is 12.5 Å². The van der Waals surface area contributed by atoms with Crippen molar-refractivity contribution >= 4 is 5.91 Å². The fraction of sp³-hybridized carbons (Fsp3) is 0.500. The van der Waals surface area contributed by atoms with Gasteiger partial charge in [0.25, 0.3) is 5.91 Å². The minimum atomic E-state index is -4.42. The van der Waals surface area contributed by atoms with Gasteiger partial charge in [0, 0.05) is 24.7 Å². The summed E-state index contributed by atoms with van der Waals surface area (Å²) in [6.45, 7) is 3.92. The number of aryl methyl sites for hydroxylation is 1. The van der Waals surface area contributed by atoms with Crippen LogP contribution in [0.4, 0.5) is 13.2 Å². The first-order chi connectivity index (χ1) is 13.3. The number of carbonyl (C=O) groups excluding carboxylic acids is 1.